The van der Waals surface area contributed by atoms with Gasteiger partial charge in [-0.15, -0.1) is 0 Å². The van der Waals surface area contributed by atoms with Gasteiger partial charge in [0.25, 0.3) is 5.91 Å². The van der Waals surface area contributed by atoms with Crippen molar-refractivity contribution in [3.8, 4) is 5.69 Å². The van der Waals surface area contributed by atoms with Crippen LogP contribution < -0.4 is 5.32 Å². The van der Waals surface area contributed by atoms with Crippen molar-refractivity contribution >= 4 is 23.5 Å². The first kappa shape index (κ1) is 22.0. The topological polar surface area (TPSA) is 76.5 Å². The van der Waals surface area contributed by atoms with Crippen molar-refractivity contribution in [2.75, 3.05) is 13.7 Å². The number of carbonyl (C=O) groups is 2. The fourth-order valence-corrected chi connectivity index (χ4v) is 4.21. The SMILES string of the molecule is COC(=O)[C@@H]1C[C@@H](NC(=O)c2ccccc2-n2cccn2)CN1Cc1c(F)cccc1Cl. The summed E-state index contributed by atoms with van der Waals surface area (Å²) in [6.07, 6.45) is 3.74. The van der Waals surface area contributed by atoms with E-state index in [1.54, 1.807) is 52.3 Å². The fraction of sp³-hybridized carbons (Fsp3) is 0.261. The third-order valence-corrected chi connectivity index (χ3v) is 5.89. The molecule has 1 aliphatic rings. The lowest BCUT2D eigenvalue weighted by molar-refractivity contribution is -0.146. The first-order chi connectivity index (χ1) is 15.5. The van der Waals surface area contributed by atoms with Gasteiger partial charge in [0.05, 0.1) is 18.4 Å². The molecule has 2 heterocycles. The molecular formula is C23H22ClFN4O3. The van der Waals surface area contributed by atoms with Crippen molar-refractivity contribution < 1.29 is 18.7 Å². The summed E-state index contributed by atoms with van der Waals surface area (Å²) in [5.41, 5.74) is 1.41. The Morgan fingerprint density at radius 2 is 2.03 bits per heavy atom. The summed E-state index contributed by atoms with van der Waals surface area (Å²) in [6, 6.07) is 12.4. The molecule has 1 aromatic heterocycles. The quantitative estimate of drug-likeness (QED) is 0.576. The van der Waals surface area contributed by atoms with E-state index in [2.05, 4.69) is 10.4 Å². The van der Waals surface area contributed by atoms with E-state index in [-0.39, 0.29) is 23.5 Å². The van der Waals surface area contributed by atoms with Crippen LogP contribution in [0, 0.1) is 5.82 Å². The summed E-state index contributed by atoms with van der Waals surface area (Å²) < 4.78 is 20.9. The summed E-state index contributed by atoms with van der Waals surface area (Å²) >= 11 is 6.18. The summed E-state index contributed by atoms with van der Waals surface area (Å²) in [7, 11) is 1.31. The monoisotopic (exact) mass is 456 g/mol. The molecule has 0 saturated carbocycles. The number of esters is 1. The Morgan fingerprint density at radius 1 is 1.22 bits per heavy atom. The van der Waals surface area contributed by atoms with Crippen LogP contribution >= 0.6 is 11.6 Å². The van der Waals surface area contributed by atoms with Gasteiger partial charge in [-0.3, -0.25) is 14.5 Å². The third-order valence-electron chi connectivity index (χ3n) is 5.53. The summed E-state index contributed by atoms with van der Waals surface area (Å²) in [5, 5.41) is 7.48. The number of methoxy groups -OCH3 is 1. The molecule has 2 aromatic carbocycles. The van der Waals surface area contributed by atoms with Gasteiger partial charge in [-0.2, -0.15) is 5.10 Å². The van der Waals surface area contributed by atoms with Crippen molar-refractivity contribution in [3.05, 3.63) is 82.9 Å². The standard InChI is InChI=1S/C23H22ClFN4O3/c1-32-23(31)21-12-15(13-28(21)14-17-18(24)7-4-8-19(17)25)27-22(30)16-6-2-3-9-20(16)29-11-5-10-26-29/h2-11,15,21H,12-14H2,1H3,(H,27,30)/t15-,21+/m1/s1. The van der Waals surface area contributed by atoms with E-state index in [1.807, 2.05) is 6.07 Å². The lowest BCUT2D eigenvalue weighted by atomic mass is 10.1. The highest BCUT2D eigenvalue weighted by molar-refractivity contribution is 6.31. The van der Waals surface area contributed by atoms with Gasteiger partial charge in [0.1, 0.15) is 11.9 Å². The van der Waals surface area contributed by atoms with Gasteiger partial charge in [0, 0.05) is 42.1 Å². The zero-order valence-electron chi connectivity index (χ0n) is 17.4. The van der Waals surface area contributed by atoms with Crippen LogP contribution in [-0.2, 0) is 16.1 Å². The van der Waals surface area contributed by atoms with Crippen molar-refractivity contribution in [3.63, 3.8) is 0 Å². The Morgan fingerprint density at radius 3 is 2.75 bits per heavy atom. The molecule has 0 radical (unpaired) electrons. The molecule has 9 heteroatoms. The molecule has 1 aliphatic heterocycles. The molecule has 166 valence electrons. The molecule has 1 saturated heterocycles. The van der Waals surface area contributed by atoms with Crippen LogP contribution in [0.1, 0.15) is 22.3 Å². The van der Waals surface area contributed by atoms with Crippen LogP contribution in [0.3, 0.4) is 0 Å². The van der Waals surface area contributed by atoms with Crippen molar-refractivity contribution in [1.82, 2.24) is 20.0 Å². The Balaban J connectivity index is 1.53. The zero-order valence-corrected chi connectivity index (χ0v) is 18.1. The molecule has 1 amide bonds. The highest BCUT2D eigenvalue weighted by atomic mass is 35.5. The maximum Gasteiger partial charge on any atom is 0.323 e. The molecule has 0 unspecified atom stereocenters. The van der Waals surface area contributed by atoms with Gasteiger partial charge in [-0.05, 0) is 36.8 Å². The molecule has 7 nitrogen and oxygen atoms in total. The molecule has 0 bridgehead atoms. The fourth-order valence-electron chi connectivity index (χ4n) is 3.99. The number of nitrogens with one attached hydrogen (secondary N) is 1. The van der Waals surface area contributed by atoms with Crippen LogP contribution in [0.4, 0.5) is 4.39 Å². The van der Waals surface area contributed by atoms with Crippen LogP contribution in [0.25, 0.3) is 5.69 Å². The Bertz CT molecular complexity index is 1100. The average Bonchev–Trinajstić information content (AvgIpc) is 3.46. The number of rotatable bonds is 6. The van der Waals surface area contributed by atoms with Crippen molar-refractivity contribution in [1.29, 1.82) is 0 Å². The Labute approximate surface area is 189 Å². The minimum atomic E-state index is -0.623. The minimum absolute atomic E-state index is 0.127. The van der Waals surface area contributed by atoms with Gasteiger partial charge in [-0.1, -0.05) is 29.8 Å². The first-order valence-electron chi connectivity index (χ1n) is 10.1. The minimum Gasteiger partial charge on any atom is -0.468 e. The number of benzene rings is 2. The van der Waals surface area contributed by atoms with Crippen molar-refractivity contribution in [2.24, 2.45) is 0 Å². The maximum absolute atomic E-state index is 14.3. The molecule has 1 N–H and O–H groups in total. The van der Waals surface area contributed by atoms with E-state index in [4.69, 9.17) is 16.3 Å². The lowest BCUT2D eigenvalue weighted by Gasteiger charge is -2.23. The van der Waals surface area contributed by atoms with Gasteiger partial charge in [-0.25, -0.2) is 9.07 Å². The van der Waals surface area contributed by atoms with E-state index in [0.717, 1.165) is 0 Å². The summed E-state index contributed by atoms with van der Waals surface area (Å²) in [6.45, 7) is 0.474. The Kier molecular flexibility index (Phi) is 6.53. The average molecular weight is 457 g/mol. The van der Waals surface area contributed by atoms with Gasteiger partial charge < -0.3 is 10.1 Å². The molecule has 2 atom stereocenters. The predicted octanol–water partition coefficient (Wildman–Crippen LogP) is 3.21. The maximum atomic E-state index is 14.3. The number of likely N-dealkylation sites (tertiary alicyclic amines) is 1. The van der Waals surface area contributed by atoms with E-state index < -0.39 is 17.8 Å². The van der Waals surface area contributed by atoms with Crippen LogP contribution in [0.2, 0.25) is 5.02 Å². The number of para-hydroxylation sites is 1. The number of carbonyl (C=O) groups excluding carboxylic acids is 2. The first-order valence-corrected chi connectivity index (χ1v) is 10.5. The van der Waals surface area contributed by atoms with Gasteiger partial charge >= 0.3 is 5.97 Å². The second-order valence-electron chi connectivity index (χ2n) is 7.54. The predicted molar refractivity (Wildman–Crippen MR) is 117 cm³/mol. The highest BCUT2D eigenvalue weighted by Crippen LogP contribution is 2.27. The number of aromatic nitrogens is 2. The van der Waals surface area contributed by atoms with E-state index >= 15 is 0 Å². The number of nitrogens with zero attached hydrogens (tertiary/aromatic N) is 3. The number of hydrogen-bond acceptors (Lipinski definition) is 5. The van der Waals surface area contributed by atoms with Crippen molar-refractivity contribution in [2.45, 2.75) is 25.0 Å². The van der Waals surface area contributed by atoms with E-state index in [9.17, 15) is 14.0 Å². The molecule has 3 aromatic rings. The number of ether oxygens (including phenoxy) is 1. The third kappa shape index (κ3) is 4.51. The molecule has 0 aliphatic carbocycles. The highest BCUT2D eigenvalue weighted by Gasteiger charge is 2.39. The van der Waals surface area contributed by atoms with Crippen LogP contribution in [0.15, 0.2) is 60.9 Å². The van der Waals surface area contributed by atoms with Gasteiger partial charge in [0.15, 0.2) is 0 Å². The van der Waals surface area contributed by atoms with Crippen LogP contribution in [-0.4, -0.2) is 52.3 Å². The summed E-state index contributed by atoms with van der Waals surface area (Å²) in [4.78, 5) is 27.2. The lowest BCUT2D eigenvalue weighted by Crippen LogP contribution is -2.38. The number of halogens is 2. The van der Waals surface area contributed by atoms with Crippen LogP contribution in [0.5, 0.6) is 0 Å². The number of hydrogen-bond donors (Lipinski definition) is 1. The Hall–Kier alpha value is -3.23. The second-order valence-corrected chi connectivity index (χ2v) is 7.95. The van der Waals surface area contributed by atoms with E-state index in [1.165, 1.54) is 19.2 Å². The molecule has 4 rings (SSSR count). The largest absolute Gasteiger partial charge is 0.468 e. The number of amides is 1. The molecular weight excluding hydrogens is 435 g/mol. The smallest absolute Gasteiger partial charge is 0.323 e. The summed E-state index contributed by atoms with van der Waals surface area (Å²) in [5.74, 6) is -1.16. The zero-order chi connectivity index (χ0) is 22.7. The van der Waals surface area contributed by atoms with E-state index in [0.29, 0.717) is 29.8 Å². The molecule has 0 spiro atoms. The molecule has 32 heavy (non-hydrogen) atoms. The normalized spacial score (nSPS) is 18.5. The molecule has 1 fully saturated rings. The van der Waals surface area contributed by atoms with Gasteiger partial charge in [0.2, 0.25) is 0 Å². The second kappa shape index (κ2) is 9.50.